The Bertz CT molecular complexity index is 702. The van der Waals surface area contributed by atoms with Crippen LogP contribution >= 0.6 is 23.6 Å². The van der Waals surface area contributed by atoms with E-state index in [1.54, 1.807) is 10.6 Å². The second-order valence-corrected chi connectivity index (χ2v) is 5.94. The van der Waals surface area contributed by atoms with Gasteiger partial charge in [0.2, 0.25) is 0 Å². The molecule has 1 heterocycles. The fourth-order valence-corrected chi connectivity index (χ4v) is 3.02. The van der Waals surface area contributed by atoms with Crippen LogP contribution in [0.15, 0.2) is 72.9 Å². The molecule has 0 radical (unpaired) electrons. The Morgan fingerprint density at radius 3 is 2.41 bits per heavy atom. The summed E-state index contributed by atoms with van der Waals surface area (Å²) in [5.41, 5.74) is 1.03. The van der Waals surface area contributed by atoms with Crippen LogP contribution in [0.2, 0.25) is 0 Å². The molecular formula is C17H15FeNOS2. The molecule has 0 aliphatic heterocycles. The molecule has 1 aromatic heterocycles. The van der Waals surface area contributed by atoms with Crippen LogP contribution in [0.1, 0.15) is 4.88 Å². The minimum Gasteiger partial charge on any atom is -0.859 e. The Hall–Kier alpha value is -1.52. The summed E-state index contributed by atoms with van der Waals surface area (Å²) >= 11 is 6.48. The number of rotatable bonds is 3. The first kappa shape index (κ1) is 18.5. The fraction of sp³-hybridized carbons (Fsp3) is 0.0588. The predicted molar refractivity (Wildman–Crippen MR) is 91.1 cm³/mol. The third-order valence-corrected chi connectivity index (χ3v) is 4.10. The minimum absolute atomic E-state index is 0. The van der Waals surface area contributed by atoms with E-state index in [2.05, 4.69) is 6.58 Å². The van der Waals surface area contributed by atoms with Gasteiger partial charge in [-0.2, -0.15) is 18.2 Å². The van der Waals surface area contributed by atoms with Crippen molar-refractivity contribution in [2.75, 3.05) is 0 Å². The van der Waals surface area contributed by atoms with Crippen molar-refractivity contribution in [1.82, 2.24) is 4.57 Å². The molecule has 114 valence electrons. The van der Waals surface area contributed by atoms with Gasteiger partial charge in [0, 0.05) is 11.4 Å². The van der Waals surface area contributed by atoms with Crippen molar-refractivity contribution >= 4 is 29.6 Å². The first-order valence-electron chi connectivity index (χ1n) is 6.47. The Morgan fingerprint density at radius 1 is 1.27 bits per heavy atom. The van der Waals surface area contributed by atoms with Crippen LogP contribution in [-0.2, 0) is 23.6 Å². The third-order valence-electron chi connectivity index (χ3n) is 2.73. The molecule has 3 rings (SSSR count). The molecule has 1 aliphatic carbocycles. The van der Waals surface area contributed by atoms with Crippen LogP contribution in [0.5, 0.6) is 5.88 Å². The molecule has 0 bridgehead atoms. The van der Waals surface area contributed by atoms with Crippen LogP contribution in [0.4, 0.5) is 0 Å². The molecular weight excluding hydrogens is 354 g/mol. The molecule has 0 saturated heterocycles. The van der Waals surface area contributed by atoms with E-state index in [9.17, 15) is 5.11 Å². The maximum atomic E-state index is 11.9. The average Bonchev–Trinajstić information content (AvgIpc) is 3.20. The van der Waals surface area contributed by atoms with E-state index in [1.807, 2.05) is 60.7 Å². The topological polar surface area (TPSA) is 28.0 Å². The molecule has 0 amide bonds. The SMILES string of the molecule is C=CCn1c([O-])c(C=C2C=CC=C2)sc1=S.[Fe+2].c1cc[cH-]c1. The summed E-state index contributed by atoms with van der Waals surface area (Å²) in [5, 5.41) is 11.9. The predicted octanol–water partition coefficient (Wildman–Crippen LogP) is 4.45. The Kier molecular flexibility index (Phi) is 7.99. The average molecular weight is 369 g/mol. The molecule has 5 heteroatoms. The van der Waals surface area contributed by atoms with Gasteiger partial charge in [0.1, 0.15) is 0 Å². The number of hydrogen-bond donors (Lipinski definition) is 0. The van der Waals surface area contributed by atoms with Gasteiger partial charge in [-0.15, -0.1) is 17.9 Å². The van der Waals surface area contributed by atoms with E-state index < -0.39 is 0 Å². The van der Waals surface area contributed by atoms with E-state index in [4.69, 9.17) is 12.2 Å². The van der Waals surface area contributed by atoms with Crippen molar-refractivity contribution in [2.24, 2.45) is 0 Å². The maximum absolute atomic E-state index is 11.9. The van der Waals surface area contributed by atoms with Crippen molar-refractivity contribution in [3.05, 3.63) is 81.7 Å². The summed E-state index contributed by atoms with van der Waals surface area (Å²) in [7, 11) is 0. The van der Waals surface area contributed by atoms with Crippen molar-refractivity contribution in [2.45, 2.75) is 6.54 Å². The summed E-state index contributed by atoms with van der Waals surface area (Å²) in [5.74, 6) is -0.0314. The molecule has 2 nitrogen and oxygen atoms in total. The van der Waals surface area contributed by atoms with Gasteiger partial charge < -0.3 is 9.67 Å². The minimum atomic E-state index is -0.0314. The summed E-state index contributed by atoms with van der Waals surface area (Å²) in [6, 6.07) is 10.0. The first-order valence-corrected chi connectivity index (χ1v) is 7.69. The van der Waals surface area contributed by atoms with Crippen molar-refractivity contribution < 1.29 is 22.2 Å². The van der Waals surface area contributed by atoms with E-state index in [-0.39, 0.29) is 22.9 Å². The second kappa shape index (κ2) is 9.49. The molecule has 1 aliphatic rings. The van der Waals surface area contributed by atoms with E-state index >= 15 is 0 Å². The second-order valence-electron chi connectivity index (χ2n) is 4.26. The molecule has 0 fully saturated rings. The maximum Gasteiger partial charge on any atom is 2.00 e. The Morgan fingerprint density at radius 2 is 1.91 bits per heavy atom. The zero-order chi connectivity index (χ0) is 15.1. The van der Waals surface area contributed by atoms with Crippen molar-refractivity contribution in [3.63, 3.8) is 0 Å². The zero-order valence-corrected chi connectivity index (χ0v) is 14.5. The molecule has 2 aromatic rings. The number of thiazole rings is 1. The molecule has 0 unspecified atom stereocenters. The van der Waals surface area contributed by atoms with Crippen LogP contribution in [0, 0.1) is 3.95 Å². The molecule has 1 aromatic carbocycles. The molecule has 0 N–H and O–H groups in total. The monoisotopic (exact) mass is 369 g/mol. The summed E-state index contributed by atoms with van der Waals surface area (Å²) in [6.07, 6.45) is 11.3. The van der Waals surface area contributed by atoms with Crippen LogP contribution in [0.25, 0.3) is 6.08 Å². The molecule has 0 spiro atoms. The standard InChI is InChI=1S/C12H11NOS2.C5H5.Fe/c1-2-7-13-11(14)10(16-12(13)15)8-9-5-3-4-6-9;1-2-4-5-3-1;/h2-6,8,14H,1,7H2;1-5H;/q;-1;+2/p-1. The smallest absolute Gasteiger partial charge is 0.859 e. The third kappa shape index (κ3) is 5.04. The van der Waals surface area contributed by atoms with Crippen LogP contribution < -0.4 is 5.11 Å². The van der Waals surface area contributed by atoms with Gasteiger partial charge in [-0.05, 0) is 29.7 Å². The van der Waals surface area contributed by atoms with Gasteiger partial charge in [-0.1, -0.05) is 30.4 Å². The summed E-state index contributed by atoms with van der Waals surface area (Å²) in [4.78, 5) is 0.679. The largest absolute Gasteiger partial charge is 2.00 e. The van der Waals surface area contributed by atoms with Crippen LogP contribution in [-0.4, -0.2) is 4.57 Å². The number of hydrogen-bond acceptors (Lipinski definition) is 3. The van der Waals surface area contributed by atoms with Crippen molar-refractivity contribution in [3.8, 4) is 5.88 Å². The number of aromatic nitrogens is 1. The quantitative estimate of drug-likeness (QED) is 0.346. The zero-order valence-electron chi connectivity index (χ0n) is 11.8. The van der Waals surface area contributed by atoms with Crippen molar-refractivity contribution in [1.29, 1.82) is 0 Å². The molecule has 0 saturated carbocycles. The summed E-state index contributed by atoms with van der Waals surface area (Å²) in [6.45, 7) is 4.09. The van der Waals surface area contributed by atoms with Gasteiger partial charge in [0.15, 0.2) is 3.95 Å². The van der Waals surface area contributed by atoms with Gasteiger partial charge in [-0.25, -0.2) is 12.1 Å². The summed E-state index contributed by atoms with van der Waals surface area (Å²) < 4.78 is 2.16. The van der Waals surface area contributed by atoms with Gasteiger partial charge >= 0.3 is 17.1 Å². The van der Waals surface area contributed by atoms with Gasteiger partial charge in [0.05, 0.1) is 0 Å². The number of nitrogens with zero attached hydrogens (tertiary/aromatic N) is 1. The van der Waals surface area contributed by atoms with E-state index in [0.717, 1.165) is 5.57 Å². The number of allylic oxidation sites excluding steroid dienone is 6. The van der Waals surface area contributed by atoms with E-state index in [1.165, 1.54) is 11.3 Å². The molecule has 0 atom stereocenters. The van der Waals surface area contributed by atoms with Gasteiger partial charge in [0.25, 0.3) is 0 Å². The van der Waals surface area contributed by atoms with Crippen LogP contribution in [0.3, 0.4) is 0 Å². The van der Waals surface area contributed by atoms with E-state index in [0.29, 0.717) is 15.4 Å². The normalized spacial score (nSPS) is 11.5. The first-order chi connectivity index (χ1) is 10.2. The Balaban J connectivity index is 0.000000344. The Labute approximate surface area is 150 Å². The molecule has 22 heavy (non-hydrogen) atoms. The van der Waals surface area contributed by atoms with Gasteiger partial charge in [-0.3, -0.25) is 0 Å². The fourth-order valence-electron chi connectivity index (χ4n) is 1.74.